The first-order chi connectivity index (χ1) is 11.1. The van der Waals surface area contributed by atoms with E-state index in [9.17, 15) is 36.9 Å². The molecule has 1 N–H and O–H groups in total. The summed E-state index contributed by atoms with van der Waals surface area (Å²) in [5, 5.41) is 12.2. The van der Waals surface area contributed by atoms with E-state index in [1.807, 2.05) is 0 Å². The lowest BCUT2D eigenvalue weighted by Gasteiger charge is -2.10. The van der Waals surface area contributed by atoms with Crippen molar-refractivity contribution in [3.63, 3.8) is 0 Å². The third kappa shape index (κ3) is 3.00. The minimum absolute atomic E-state index is 0.252. The normalized spacial score (nSPS) is 10.6. The third-order valence-electron chi connectivity index (χ3n) is 2.85. The Labute approximate surface area is 134 Å². The van der Waals surface area contributed by atoms with Crippen molar-refractivity contribution in [2.75, 3.05) is 5.32 Å². The molecule has 0 aliphatic carbocycles. The number of amides is 1. The van der Waals surface area contributed by atoms with Crippen molar-refractivity contribution in [1.82, 2.24) is 0 Å². The molecule has 2 aromatic carbocycles. The lowest BCUT2D eigenvalue weighted by atomic mass is 10.1. The summed E-state index contributed by atoms with van der Waals surface area (Å²) in [6.07, 6.45) is 0. The maximum Gasteiger partial charge on any atom is 0.271 e. The Balaban J connectivity index is 2.49. The summed E-state index contributed by atoms with van der Waals surface area (Å²) in [6, 6.07) is 2.75. The summed E-state index contributed by atoms with van der Waals surface area (Å²) in [5.41, 5.74) is -2.71. The molecule has 24 heavy (non-hydrogen) atoms. The second-order valence-electron chi connectivity index (χ2n) is 4.32. The van der Waals surface area contributed by atoms with E-state index >= 15 is 0 Å². The molecule has 0 bridgehead atoms. The molecule has 0 aliphatic rings. The van der Waals surface area contributed by atoms with Crippen LogP contribution in [-0.4, -0.2) is 10.8 Å². The number of non-ortho nitro benzene ring substituents is 1. The monoisotopic (exact) mass is 366 g/mol. The highest BCUT2D eigenvalue weighted by molar-refractivity contribution is 6.34. The molecule has 0 aromatic heterocycles. The molecule has 1 amide bonds. The number of halogens is 6. The zero-order valence-electron chi connectivity index (χ0n) is 11.2. The first-order valence-corrected chi connectivity index (χ1v) is 6.29. The van der Waals surface area contributed by atoms with Crippen LogP contribution < -0.4 is 5.32 Å². The van der Waals surface area contributed by atoms with E-state index in [0.29, 0.717) is 0 Å². The fourth-order valence-electron chi connectivity index (χ4n) is 1.71. The Bertz CT molecular complexity index is 846. The van der Waals surface area contributed by atoms with Gasteiger partial charge >= 0.3 is 0 Å². The smallest absolute Gasteiger partial charge is 0.271 e. The zero-order chi connectivity index (χ0) is 18.2. The van der Waals surface area contributed by atoms with Crippen LogP contribution in [0.15, 0.2) is 18.2 Å². The molecule has 0 radical (unpaired) electrons. The quantitative estimate of drug-likeness (QED) is 0.291. The molecule has 126 valence electrons. The van der Waals surface area contributed by atoms with E-state index in [-0.39, 0.29) is 5.02 Å². The van der Waals surface area contributed by atoms with Crippen LogP contribution in [0.2, 0.25) is 5.02 Å². The van der Waals surface area contributed by atoms with E-state index in [1.165, 1.54) is 0 Å². The first kappa shape index (κ1) is 17.6. The largest absolute Gasteiger partial charge is 0.320 e. The number of nitro groups is 1. The summed E-state index contributed by atoms with van der Waals surface area (Å²) in [4.78, 5) is 21.6. The Morgan fingerprint density at radius 1 is 1.00 bits per heavy atom. The Morgan fingerprint density at radius 3 is 2.00 bits per heavy atom. The van der Waals surface area contributed by atoms with Crippen LogP contribution in [0.5, 0.6) is 0 Å². The van der Waals surface area contributed by atoms with Gasteiger partial charge in [-0.2, -0.15) is 0 Å². The minimum atomic E-state index is -2.42. The van der Waals surface area contributed by atoms with Crippen LogP contribution in [0, 0.1) is 39.2 Å². The van der Waals surface area contributed by atoms with Crippen molar-refractivity contribution in [2.45, 2.75) is 0 Å². The topological polar surface area (TPSA) is 72.2 Å². The second kappa shape index (κ2) is 6.40. The lowest BCUT2D eigenvalue weighted by molar-refractivity contribution is -0.384. The van der Waals surface area contributed by atoms with Crippen molar-refractivity contribution in [3.05, 3.63) is 68.0 Å². The SMILES string of the molecule is O=C(Nc1cc([N+](=O)[O-])ccc1Cl)c1c(F)c(F)c(F)c(F)c1F. The second-order valence-corrected chi connectivity index (χ2v) is 4.73. The number of carbonyl (C=O) groups is 1. The summed E-state index contributed by atoms with van der Waals surface area (Å²) in [6.45, 7) is 0. The molecule has 0 heterocycles. The van der Waals surface area contributed by atoms with Gasteiger partial charge in [-0.05, 0) is 6.07 Å². The van der Waals surface area contributed by atoms with E-state index in [2.05, 4.69) is 0 Å². The Kier molecular flexibility index (Phi) is 4.69. The molecule has 5 nitrogen and oxygen atoms in total. The van der Waals surface area contributed by atoms with Gasteiger partial charge in [0.15, 0.2) is 23.3 Å². The van der Waals surface area contributed by atoms with Gasteiger partial charge in [-0.15, -0.1) is 0 Å². The number of hydrogen-bond donors (Lipinski definition) is 1. The number of anilines is 1. The van der Waals surface area contributed by atoms with Crippen LogP contribution in [0.1, 0.15) is 10.4 Å². The van der Waals surface area contributed by atoms with Gasteiger partial charge in [-0.1, -0.05) is 11.6 Å². The van der Waals surface area contributed by atoms with Gasteiger partial charge in [-0.3, -0.25) is 14.9 Å². The number of benzene rings is 2. The molecular formula is C13H4ClF5N2O3. The summed E-state index contributed by atoms with van der Waals surface area (Å²) in [7, 11) is 0. The van der Waals surface area contributed by atoms with Crippen LogP contribution in [-0.2, 0) is 0 Å². The molecular weight excluding hydrogens is 363 g/mol. The van der Waals surface area contributed by atoms with Crippen molar-refractivity contribution >= 4 is 28.9 Å². The Hall–Kier alpha value is -2.75. The molecule has 0 saturated carbocycles. The number of nitrogens with zero attached hydrogens (tertiary/aromatic N) is 1. The fraction of sp³-hybridized carbons (Fsp3) is 0. The van der Waals surface area contributed by atoms with Crippen LogP contribution in [0.3, 0.4) is 0 Å². The fourth-order valence-corrected chi connectivity index (χ4v) is 1.88. The van der Waals surface area contributed by atoms with Gasteiger partial charge < -0.3 is 5.32 Å². The van der Waals surface area contributed by atoms with Gasteiger partial charge in [0, 0.05) is 12.1 Å². The molecule has 2 rings (SSSR count). The van der Waals surface area contributed by atoms with Gasteiger partial charge in [0.05, 0.1) is 15.6 Å². The maximum atomic E-state index is 13.5. The van der Waals surface area contributed by atoms with Crippen LogP contribution >= 0.6 is 11.6 Å². The molecule has 0 spiro atoms. The van der Waals surface area contributed by atoms with Crippen molar-refractivity contribution < 1.29 is 31.7 Å². The number of carbonyl (C=O) groups excluding carboxylic acids is 1. The molecule has 0 fully saturated rings. The van der Waals surface area contributed by atoms with E-state index in [1.54, 1.807) is 5.32 Å². The van der Waals surface area contributed by atoms with Crippen molar-refractivity contribution in [2.24, 2.45) is 0 Å². The van der Waals surface area contributed by atoms with Crippen molar-refractivity contribution in [3.8, 4) is 0 Å². The molecule has 11 heteroatoms. The molecule has 0 atom stereocenters. The predicted molar refractivity (Wildman–Crippen MR) is 72.3 cm³/mol. The highest BCUT2D eigenvalue weighted by atomic mass is 35.5. The standard InChI is InChI=1S/C13H4ClF5N2O3/c14-5-2-1-4(21(23)24)3-6(5)20-13(22)7-8(15)10(17)12(19)11(18)9(7)16/h1-3H,(H,20,22). The number of nitrogens with one attached hydrogen (secondary N) is 1. The predicted octanol–water partition coefficient (Wildman–Crippen LogP) is 4.20. The first-order valence-electron chi connectivity index (χ1n) is 5.91. The number of nitro benzene ring substituents is 1. The molecule has 0 aliphatic heterocycles. The van der Waals surface area contributed by atoms with Crippen LogP contribution in [0.4, 0.5) is 33.3 Å². The molecule has 0 unspecified atom stereocenters. The molecule has 0 saturated heterocycles. The van der Waals surface area contributed by atoms with Crippen LogP contribution in [0.25, 0.3) is 0 Å². The van der Waals surface area contributed by atoms with E-state index < -0.39 is 56.9 Å². The van der Waals surface area contributed by atoms with E-state index in [4.69, 9.17) is 11.6 Å². The average Bonchev–Trinajstić information content (AvgIpc) is 2.53. The van der Waals surface area contributed by atoms with Crippen molar-refractivity contribution in [1.29, 1.82) is 0 Å². The average molecular weight is 367 g/mol. The third-order valence-corrected chi connectivity index (χ3v) is 3.18. The van der Waals surface area contributed by atoms with Gasteiger partial charge in [-0.25, -0.2) is 22.0 Å². The summed E-state index contributed by atoms with van der Waals surface area (Å²) in [5.74, 6) is -13.4. The van der Waals surface area contributed by atoms with Gasteiger partial charge in [0.25, 0.3) is 11.6 Å². The van der Waals surface area contributed by atoms with Gasteiger partial charge in [0.2, 0.25) is 5.82 Å². The summed E-state index contributed by atoms with van der Waals surface area (Å²) >= 11 is 5.67. The zero-order valence-corrected chi connectivity index (χ0v) is 11.9. The minimum Gasteiger partial charge on any atom is -0.320 e. The summed E-state index contributed by atoms with van der Waals surface area (Å²) < 4.78 is 66.2. The highest BCUT2D eigenvalue weighted by Crippen LogP contribution is 2.29. The number of rotatable bonds is 3. The van der Waals surface area contributed by atoms with E-state index in [0.717, 1.165) is 18.2 Å². The Morgan fingerprint density at radius 2 is 1.50 bits per heavy atom. The van der Waals surface area contributed by atoms with Gasteiger partial charge in [0.1, 0.15) is 5.56 Å². The lowest BCUT2D eigenvalue weighted by Crippen LogP contribution is -2.19. The number of hydrogen-bond acceptors (Lipinski definition) is 3. The highest BCUT2D eigenvalue weighted by Gasteiger charge is 2.30. The maximum absolute atomic E-state index is 13.5. The molecule has 2 aromatic rings.